The maximum absolute atomic E-state index is 13.0. The fraction of sp³-hybridized carbons (Fsp3) is 0.412. The molecule has 0 saturated heterocycles. The van der Waals surface area contributed by atoms with Crippen molar-refractivity contribution in [1.29, 1.82) is 0 Å². The molecule has 1 aromatic heterocycles. The van der Waals surface area contributed by atoms with Gasteiger partial charge in [0.1, 0.15) is 17.3 Å². The number of nitrogens with zero attached hydrogens (tertiary/aromatic N) is 1. The predicted molar refractivity (Wildman–Crippen MR) is 80.3 cm³/mol. The number of aliphatic hydroxyl groups excluding tert-OH is 1. The van der Waals surface area contributed by atoms with Gasteiger partial charge in [0.2, 0.25) is 0 Å². The summed E-state index contributed by atoms with van der Waals surface area (Å²) in [4.78, 5) is 2.11. The van der Waals surface area contributed by atoms with Gasteiger partial charge in [0.25, 0.3) is 0 Å². The van der Waals surface area contributed by atoms with Crippen LogP contribution in [0.1, 0.15) is 30.4 Å². The van der Waals surface area contributed by atoms with Gasteiger partial charge in [-0.25, -0.2) is 4.39 Å². The smallest absolute Gasteiger partial charge is 0.123 e. The largest absolute Gasteiger partial charge is 0.465 e. The zero-order valence-electron chi connectivity index (χ0n) is 12.6. The van der Waals surface area contributed by atoms with Gasteiger partial charge in [0, 0.05) is 13.1 Å². The fourth-order valence-corrected chi connectivity index (χ4v) is 2.25. The second-order valence-corrected chi connectivity index (χ2v) is 5.37. The van der Waals surface area contributed by atoms with Gasteiger partial charge in [-0.3, -0.25) is 4.90 Å². The Bertz CT molecular complexity index is 550. The number of hydrogen-bond acceptors (Lipinski definition) is 3. The summed E-state index contributed by atoms with van der Waals surface area (Å²) in [6.45, 7) is 5.71. The molecule has 0 aliphatic rings. The van der Waals surface area contributed by atoms with Crippen LogP contribution in [-0.2, 0) is 13.1 Å². The van der Waals surface area contributed by atoms with Crippen molar-refractivity contribution in [2.75, 3.05) is 6.54 Å². The zero-order valence-corrected chi connectivity index (χ0v) is 12.6. The molecule has 0 amide bonds. The molecule has 1 heterocycles. The third kappa shape index (κ3) is 4.99. The third-order valence-electron chi connectivity index (χ3n) is 3.44. The molecule has 0 aliphatic heterocycles. The van der Waals surface area contributed by atoms with E-state index in [1.807, 2.05) is 26.0 Å². The summed E-state index contributed by atoms with van der Waals surface area (Å²) >= 11 is 0. The lowest BCUT2D eigenvalue weighted by Crippen LogP contribution is -2.31. The number of aliphatic hydroxyl groups is 1. The van der Waals surface area contributed by atoms with Crippen molar-refractivity contribution in [2.45, 2.75) is 39.5 Å². The lowest BCUT2D eigenvalue weighted by Gasteiger charge is -2.23. The normalized spacial score (nSPS) is 12.8. The van der Waals surface area contributed by atoms with Crippen LogP contribution in [0.3, 0.4) is 0 Å². The van der Waals surface area contributed by atoms with Gasteiger partial charge in [0.15, 0.2) is 0 Å². The molecule has 4 heteroatoms. The van der Waals surface area contributed by atoms with Crippen LogP contribution in [0.15, 0.2) is 40.8 Å². The van der Waals surface area contributed by atoms with Crippen molar-refractivity contribution in [3.8, 4) is 0 Å². The number of aryl methyl sites for hydroxylation is 1. The Balaban J connectivity index is 2.05. The van der Waals surface area contributed by atoms with E-state index in [-0.39, 0.29) is 11.9 Å². The van der Waals surface area contributed by atoms with Gasteiger partial charge in [-0.2, -0.15) is 0 Å². The molecule has 0 spiro atoms. The maximum atomic E-state index is 13.0. The van der Waals surface area contributed by atoms with Crippen LogP contribution in [0.5, 0.6) is 0 Å². The summed E-state index contributed by atoms with van der Waals surface area (Å²) in [5.41, 5.74) is 1.02. The molecule has 0 saturated carbocycles. The molecule has 0 aliphatic carbocycles. The molecule has 1 atom stereocenters. The van der Waals surface area contributed by atoms with Crippen LogP contribution in [0.25, 0.3) is 0 Å². The second kappa shape index (κ2) is 7.38. The fourth-order valence-electron chi connectivity index (χ4n) is 2.25. The highest BCUT2D eigenvalue weighted by molar-refractivity contribution is 5.16. The summed E-state index contributed by atoms with van der Waals surface area (Å²) in [6, 6.07) is 10.3. The van der Waals surface area contributed by atoms with Crippen molar-refractivity contribution >= 4 is 0 Å². The molecule has 0 fully saturated rings. The van der Waals surface area contributed by atoms with E-state index >= 15 is 0 Å². The predicted octanol–water partition coefficient (Wildman–Crippen LogP) is 3.50. The minimum absolute atomic E-state index is 0.236. The third-order valence-corrected chi connectivity index (χ3v) is 3.44. The Labute approximate surface area is 125 Å². The van der Waals surface area contributed by atoms with Crippen molar-refractivity contribution in [3.63, 3.8) is 0 Å². The zero-order chi connectivity index (χ0) is 15.2. The lowest BCUT2D eigenvalue weighted by molar-refractivity contribution is 0.0972. The van der Waals surface area contributed by atoms with Crippen molar-refractivity contribution in [2.24, 2.45) is 0 Å². The standard InChI is InChI=1S/C17H22FNO2/c1-3-16(20)11-19(12-17-9-4-13(2)21-17)10-14-5-7-15(18)8-6-14/h4-9,16,20H,3,10-12H2,1-2H3. The molecular weight excluding hydrogens is 269 g/mol. The van der Waals surface area contributed by atoms with Crippen LogP contribution in [-0.4, -0.2) is 22.7 Å². The lowest BCUT2D eigenvalue weighted by atomic mass is 10.2. The first-order valence-corrected chi connectivity index (χ1v) is 7.27. The molecule has 0 bridgehead atoms. The van der Waals surface area contributed by atoms with E-state index in [1.54, 1.807) is 12.1 Å². The second-order valence-electron chi connectivity index (χ2n) is 5.37. The summed E-state index contributed by atoms with van der Waals surface area (Å²) in [6.07, 6.45) is 0.332. The van der Waals surface area contributed by atoms with Gasteiger partial charge < -0.3 is 9.52 Å². The van der Waals surface area contributed by atoms with Crippen LogP contribution >= 0.6 is 0 Å². The first kappa shape index (κ1) is 15.7. The Kier molecular flexibility index (Phi) is 5.53. The summed E-state index contributed by atoms with van der Waals surface area (Å²) in [7, 11) is 0. The van der Waals surface area contributed by atoms with Gasteiger partial charge >= 0.3 is 0 Å². The van der Waals surface area contributed by atoms with Crippen LogP contribution in [0, 0.1) is 12.7 Å². The van der Waals surface area contributed by atoms with E-state index in [2.05, 4.69) is 4.90 Å². The molecule has 2 rings (SSSR count). The maximum Gasteiger partial charge on any atom is 0.123 e. The summed E-state index contributed by atoms with van der Waals surface area (Å²) in [5, 5.41) is 9.90. The Hall–Kier alpha value is -1.65. The highest BCUT2D eigenvalue weighted by Gasteiger charge is 2.13. The molecule has 3 nitrogen and oxygen atoms in total. The molecular formula is C17H22FNO2. The molecule has 21 heavy (non-hydrogen) atoms. The number of rotatable bonds is 7. The average Bonchev–Trinajstić information content (AvgIpc) is 2.86. The van der Waals surface area contributed by atoms with Crippen LogP contribution in [0.2, 0.25) is 0 Å². The molecule has 1 unspecified atom stereocenters. The van der Waals surface area contributed by atoms with E-state index in [0.29, 0.717) is 26.1 Å². The summed E-state index contributed by atoms with van der Waals surface area (Å²) in [5.74, 6) is 1.52. The number of halogens is 1. The number of benzene rings is 1. The quantitative estimate of drug-likeness (QED) is 0.848. The van der Waals surface area contributed by atoms with Gasteiger partial charge in [-0.15, -0.1) is 0 Å². The average molecular weight is 291 g/mol. The van der Waals surface area contributed by atoms with Crippen molar-refractivity contribution in [3.05, 3.63) is 59.3 Å². The van der Waals surface area contributed by atoms with Crippen LogP contribution < -0.4 is 0 Å². The van der Waals surface area contributed by atoms with E-state index in [0.717, 1.165) is 17.1 Å². The van der Waals surface area contributed by atoms with Gasteiger partial charge in [-0.1, -0.05) is 19.1 Å². The first-order valence-electron chi connectivity index (χ1n) is 7.27. The SMILES string of the molecule is CCC(O)CN(Cc1ccc(F)cc1)Cc1ccc(C)o1. The topological polar surface area (TPSA) is 36.6 Å². The number of furan rings is 1. The number of hydrogen-bond donors (Lipinski definition) is 1. The Morgan fingerprint density at radius 2 is 1.86 bits per heavy atom. The molecule has 1 N–H and O–H groups in total. The first-order chi connectivity index (χ1) is 10.1. The summed E-state index contributed by atoms with van der Waals surface area (Å²) < 4.78 is 18.6. The molecule has 0 radical (unpaired) electrons. The van der Waals surface area contributed by atoms with Crippen LogP contribution in [0.4, 0.5) is 4.39 Å². The molecule has 2 aromatic rings. The Morgan fingerprint density at radius 1 is 1.14 bits per heavy atom. The van der Waals surface area contributed by atoms with Gasteiger partial charge in [-0.05, 0) is 43.2 Å². The molecule has 1 aromatic carbocycles. The highest BCUT2D eigenvalue weighted by atomic mass is 19.1. The van der Waals surface area contributed by atoms with Crippen molar-refractivity contribution in [1.82, 2.24) is 4.90 Å². The van der Waals surface area contributed by atoms with E-state index in [9.17, 15) is 9.50 Å². The monoisotopic (exact) mass is 291 g/mol. The minimum Gasteiger partial charge on any atom is -0.465 e. The van der Waals surface area contributed by atoms with Crippen molar-refractivity contribution < 1.29 is 13.9 Å². The van der Waals surface area contributed by atoms with E-state index < -0.39 is 0 Å². The van der Waals surface area contributed by atoms with E-state index in [1.165, 1.54) is 12.1 Å². The van der Waals surface area contributed by atoms with E-state index in [4.69, 9.17) is 4.42 Å². The highest BCUT2D eigenvalue weighted by Crippen LogP contribution is 2.14. The molecule has 114 valence electrons. The Morgan fingerprint density at radius 3 is 2.43 bits per heavy atom. The van der Waals surface area contributed by atoms with Gasteiger partial charge in [0.05, 0.1) is 12.6 Å². The minimum atomic E-state index is -0.374.